The first-order valence-electron chi connectivity index (χ1n) is 9.61. The Morgan fingerprint density at radius 3 is 2.39 bits per heavy atom. The Labute approximate surface area is 166 Å². The average molecular weight is 390 g/mol. The zero-order chi connectivity index (χ0) is 20.9. The Balaban J connectivity index is 1.80. The quantitative estimate of drug-likeness (QED) is 0.795. The molecule has 0 unspecified atom stereocenters. The molecule has 0 saturated carbocycles. The summed E-state index contributed by atoms with van der Waals surface area (Å²) in [6, 6.07) is 7.41. The highest BCUT2D eigenvalue weighted by molar-refractivity contribution is 5.95. The van der Waals surface area contributed by atoms with Crippen LogP contribution in [0.2, 0.25) is 0 Å². The van der Waals surface area contributed by atoms with E-state index in [4.69, 9.17) is 9.47 Å². The zero-order valence-corrected chi connectivity index (χ0v) is 17.3. The second kappa shape index (κ2) is 9.08. The maximum absolute atomic E-state index is 12.4. The number of anilines is 1. The largest absolute Gasteiger partial charge is 0.452 e. The molecule has 0 spiro atoms. The van der Waals surface area contributed by atoms with E-state index < -0.39 is 17.7 Å². The molecule has 1 aromatic rings. The molecule has 1 atom stereocenters. The Kier molecular flexibility index (Phi) is 7.05. The van der Waals surface area contributed by atoms with Gasteiger partial charge in [0.1, 0.15) is 5.60 Å². The van der Waals surface area contributed by atoms with Gasteiger partial charge in [-0.05, 0) is 65.2 Å². The van der Waals surface area contributed by atoms with Crippen LogP contribution in [0.5, 0.6) is 0 Å². The van der Waals surface area contributed by atoms with E-state index >= 15 is 0 Å². The number of likely N-dealkylation sites (tertiary alicyclic amines) is 1. The summed E-state index contributed by atoms with van der Waals surface area (Å²) in [5.74, 6) is -1.10. The van der Waals surface area contributed by atoms with Crippen molar-refractivity contribution in [1.82, 2.24) is 4.90 Å². The van der Waals surface area contributed by atoms with Gasteiger partial charge in [0.05, 0.1) is 5.92 Å². The summed E-state index contributed by atoms with van der Waals surface area (Å²) in [4.78, 5) is 38.3. The van der Waals surface area contributed by atoms with E-state index in [1.54, 1.807) is 17.9 Å². The summed E-state index contributed by atoms with van der Waals surface area (Å²) in [7, 11) is 0. The molecule has 0 radical (unpaired) electrons. The predicted octanol–water partition coefficient (Wildman–Crippen LogP) is 3.51. The van der Waals surface area contributed by atoms with Gasteiger partial charge in [0.15, 0.2) is 6.10 Å². The number of aryl methyl sites for hydroxylation is 1. The van der Waals surface area contributed by atoms with Crippen molar-refractivity contribution in [3.63, 3.8) is 0 Å². The molecule has 1 saturated heterocycles. The molecule has 2 amide bonds. The molecule has 28 heavy (non-hydrogen) atoms. The summed E-state index contributed by atoms with van der Waals surface area (Å²) >= 11 is 0. The lowest BCUT2D eigenvalue weighted by molar-refractivity contribution is -0.158. The zero-order valence-electron chi connectivity index (χ0n) is 17.3. The normalized spacial score (nSPS) is 16.2. The fraction of sp³-hybridized carbons (Fsp3) is 0.571. The van der Waals surface area contributed by atoms with Crippen molar-refractivity contribution in [2.75, 3.05) is 18.4 Å². The molecule has 1 aliphatic rings. The van der Waals surface area contributed by atoms with E-state index in [0.29, 0.717) is 31.6 Å². The van der Waals surface area contributed by atoms with Crippen LogP contribution in [0.1, 0.15) is 46.1 Å². The van der Waals surface area contributed by atoms with Gasteiger partial charge in [-0.1, -0.05) is 12.1 Å². The first kappa shape index (κ1) is 21.7. The number of carbonyl (C=O) groups is 3. The van der Waals surface area contributed by atoms with Gasteiger partial charge >= 0.3 is 12.1 Å². The fourth-order valence-corrected chi connectivity index (χ4v) is 2.91. The Morgan fingerprint density at radius 1 is 1.18 bits per heavy atom. The standard InChI is InChI=1S/C21H30N2O5/c1-14-7-6-8-17(13-14)22-18(24)15(2)27-19(25)16-9-11-23(12-10-16)20(26)28-21(3,4)5/h6-8,13,15-16H,9-12H2,1-5H3,(H,22,24)/t15-/m1/s1. The smallest absolute Gasteiger partial charge is 0.410 e. The average Bonchev–Trinajstić information content (AvgIpc) is 2.60. The molecule has 154 valence electrons. The Morgan fingerprint density at radius 2 is 1.82 bits per heavy atom. The summed E-state index contributed by atoms with van der Waals surface area (Å²) in [6.07, 6.45) is -0.281. The molecule has 1 aliphatic heterocycles. The molecular weight excluding hydrogens is 360 g/mol. The number of hydrogen-bond donors (Lipinski definition) is 1. The highest BCUT2D eigenvalue weighted by atomic mass is 16.6. The molecule has 0 aromatic heterocycles. The maximum atomic E-state index is 12.4. The molecule has 0 aliphatic carbocycles. The van der Waals surface area contributed by atoms with Crippen molar-refractivity contribution in [3.05, 3.63) is 29.8 Å². The van der Waals surface area contributed by atoms with Crippen molar-refractivity contribution in [3.8, 4) is 0 Å². The van der Waals surface area contributed by atoms with Gasteiger partial charge in [-0.15, -0.1) is 0 Å². The van der Waals surface area contributed by atoms with Crippen LogP contribution >= 0.6 is 0 Å². The van der Waals surface area contributed by atoms with E-state index in [2.05, 4.69) is 5.32 Å². The van der Waals surface area contributed by atoms with E-state index in [1.807, 2.05) is 45.9 Å². The van der Waals surface area contributed by atoms with Gasteiger partial charge in [0.2, 0.25) is 0 Å². The SMILES string of the molecule is Cc1cccc(NC(=O)[C@@H](C)OC(=O)C2CCN(C(=O)OC(C)(C)C)CC2)c1. The van der Waals surface area contributed by atoms with Crippen LogP contribution < -0.4 is 5.32 Å². The first-order valence-corrected chi connectivity index (χ1v) is 9.61. The molecule has 2 rings (SSSR count). The molecule has 0 bridgehead atoms. The van der Waals surface area contributed by atoms with Crippen molar-refractivity contribution in [2.45, 2.75) is 59.2 Å². The Bertz CT molecular complexity index is 718. The van der Waals surface area contributed by atoms with E-state index in [1.165, 1.54) is 0 Å². The number of hydrogen-bond acceptors (Lipinski definition) is 5. The molecule has 1 N–H and O–H groups in total. The third-order valence-electron chi connectivity index (χ3n) is 4.43. The summed E-state index contributed by atoms with van der Waals surface area (Å²) in [6.45, 7) is 9.80. The highest BCUT2D eigenvalue weighted by Gasteiger charge is 2.32. The molecule has 1 fully saturated rings. The summed E-state index contributed by atoms with van der Waals surface area (Å²) < 4.78 is 10.7. The second-order valence-corrected chi connectivity index (χ2v) is 8.18. The van der Waals surface area contributed by atoms with Crippen molar-refractivity contribution >= 4 is 23.7 Å². The van der Waals surface area contributed by atoms with Crippen LogP contribution in [0.4, 0.5) is 10.5 Å². The third kappa shape index (κ3) is 6.55. The van der Waals surface area contributed by atoms with Crippen LogP contribution in [0.15, 0.2) is 24.3 Å². The van der Waals surface area contributed by atoms with Gasteiger partial charge in [0.25, 0.3) is 5.91 Å². The van der Waals surface area contributed by atoms with Crippen LogP contribution in [-0.2, 0) is 19.1 Å². The van der Waals surface area contributed by atoms with Crippen molar-refractivity contribution < 1.29 is 23.9 Å². The van der Waals surface area contributed by atoms with Gasteiger partial charge in [0, 0.05) is 18.8 Å². The minimum absolute atomic E-state index is 0.326. The maximum Gasteiger partial charge on any atom is 0.410 e. The van der Waals surface area contributed by atoms with E-state index in [9.17, 15) is 14.4 Å². The number of carbonyl (C=O) groups excluding carboxylic acids is 3. The number of piperidine rings is 1. The first-order chi connectivity index (χ1) is 13.0. The topological polar surface area (TPSA) is 84.9 Å². The molecular formula is C21H30N2O5. The van der Waals surface area contributed by atoms with Crippen LogP contribution in [0.25, 0.3) is 0 Å². The monoisotopic (exact) mass is 390 g/mol. The highest BCUT2D eigenvalue weighted by Crippen LogP contribution is 2.21. The molecule has 7 nitrogen and oxygen atoms in total. The van der Waals surface area contributed by atoms with Crippen LogP contribution in [0, 0.1) is 12.8 Å². The summed E-state index contributed by atoms with van der Waals surface area (Å²) in [5.41, 5.74) is 1.14. The number of ether oxygens (including phenoxy) is 2. The number of esters is 1. The third-order valence-corrected chi connectivity index (χ3v) is 4.43. The van der Waals surface area contributed by atoms with E-state index in [-0.39, 0.29) is 17.9 Å². The molecule has 7 heteroatoms. The molecule has 1 aromatic carbocycles. The van der Waals surface area contributed by atoms with Gasteiger partial charge in [-0.3, -0.25) is 9.59 Å². The van der Waals surface area contributed by atoms with Gasteiger partial charge in [-0.2, -0.15) is 0 Å². The molecule has 1 heterocycles. The number of nitrogens with one attached hydrogen (secondary N) is 1. The number of rotatable bonds is 4. The lowest BCUT2D eigenvalue weighted by atomic mass is 9.97. The van der Waals surface area contributed by atoms with Crippen molar-refractivity contribution in [1.29, 1.82) is 0 Å². The fourth-order valence-electron chi connectivity index (χ4n) is 2.91. The summed E-state index contributed by atoms with van der Waals surface area (Å²) in [5, 5.41) is 2.75. The Hall–Kier alpha value is -2.57. The van der Waals surface area contributed by atoms with Gasteiger partial charge < -0.3 is 19.7 Å². The number of nitrogens with zero attached hydrogens (tertiary/aromatic N) is 1. The van der Waals surface area contributed by atoms with Gasteiger partial charge in [-0.25, -0.2) is 4.79 Å². The minimum Gasteiger partial charge on any atom is -0.452 e. The second-order valence-electron chi connectivity index (χ2n) is 8.18. The lowest BCUT2D eigenvalue weighted by Gasteiger charge is -2.32. The number of amides is 2. The predicted molar refractivity (Wildman–Crippen MR) is 106 cm³/mol. The van der Waals surface area contributed by atoms with Crippen LogP contribution in [-0.4, -0.2) is 47.7 Å². The van der Waals surface area contributed by atoms with E-state index in [0.717, 1.165) is 5.56 Å². The number of benzene rings is 1. The lowest BCUT2D eigenvalue weighted by Crippen LogP contribution is -2.43. The van der Waals surface area contributed by atoms with Crippen LogP contribution in [0.3, 0.4) is 0 Å². The van der Waals surface area contributed by atoms with Crippen molar-refractivity contribution in [2.24, 2.45) is 5.92 Å². The minimum atomic E-state index is -0.892.